The molecule has 0 aromatic heterocycles. The van der Waals surface area contributed by atoms with Gasteiger partial charge in [-0.15, -0.1) is 0 Å². The number of ether oxygens (including phenoxy) is 1. The van der Waals surface area contributed by atoms with E-state index in [0.29, 0.717) is 34.0 Å². The van der Waals surface area contributed by atoms with Crippen molar-refractivity contribution in [3.05, 3.63) is 65.2 Å². The van der Waals surface area contributed by atoms with Gasteiger partial charge in [0.15, 0.2) is 5.78 Å². The first-order chi connectivity index (χ1) is 13.2. The quantitative estimate of drug-likeness (QED) is 0.656. The van der Waals surface area contributed by atoms with Crippen molar-refractivity contribution in [2.24, 2.45) is 5.92 Å². The van der Waals surface area contributed by atoms with Crippen LogP contribution < -0.4 is 4.74 Å². The maximum atomic E-state index is 13.1. The predicted octanol–water partition coefficient (Wildman–Crippen LogP) is 5.38. The Morgan fingerprint density at radius 2 is 1.85 bits per heavy atom. The zero-order chi connectivity index (χ0) is 18.6. The first-order valence-corrected chi connectivity index (χ1v) is 10.6. The zero-order valence-electron chi connectivity index (χ0n) is 15.3. The van der Waals surface area contributed by atoms with E-state index in [4.69, 9.17) is 4.74 Å². The summed E-state index contributed by atoms with van der Waals surface area (Å²) in [4.78, 5) is 13.1. The molecule has 2 heterocycles. The van der Waals surface area contributed by atoms with Gasteiger partial charge in [-0.1, -0.05) is 36.8 Å². The minimum Gasteiger partial charge on any atom is -0.487 e. The zero-order valence-corrected chi connectivity index (χ0v) is 16.1. The van der Waals surface area contributed by atoms with Crippen molar-refractivity contribution in [3.63, 3.8) is 0 Å². The third kappa shape index (κ3) is 4.20. The van der Waals surface area contributed by atoms with Crippen molar-refractivity contribution in [2.45, 2.75) is 49.2 Å². The molecule has 2 bridgehead atoms. The monoisotopic (exact) mass is 377 g/mol. The van der Waals surface area contributed by atoms with E-state index in [0.717, 1.165) is 18.4 Å². The van der Waals surface area contributed by atoms with Crippen LogP contribution in [0, 0.1) is 17.2 Å². The highest BCUT2D eigenvalue weighted by atomic mass is 32.2. The summed E-state index contributed by atoms with van der Waals surface area (Å²) >= 11 is 2.08. The van der Waals surface area contributed by atoms with Crippen LogP contribution >= 0.6 is 11.8 Å². The van der Waals surface area contributed by atoms with Gasteiger partial charge < -0.3 is 4.74 Å². The van der Waals surface area contributed by atoms with E-state index in [9.17, 15) is 10.1 Å². The number of nitriles is 1. The SMILES string of the molecule is N#Cc1ccc(C(=O)C2CC3CCCC(C2)S3)cc1OCc1ccccc1. The van der Waals surface area contributed by atoms with Crippen molar-refractivity contribution < 1.29 is 9.53 Å². The molecule has 2 saturated heterocycles. The summed E-state index contributed by atoms with van der Waals surface area (Å²) in [6, 6.07) is 17.3. The predicted molar refractivity (Wildman–Crippen MR) is 108 cm³/mol. The first kappa shape index (κ1) is 18.1. The highest BCUT2D eigenvalue weighted by Crippen LogP contribution is 2.44. The van der Waals surface area contributed by atoms with E-state index in [1.807, 2.05) is 30.3 Å². The van der Waals surface area contributed by atoms with Gasteiger partial charge in [0.25, 0.3) is 0 Å². The van der Waals surface area contributed by atoms with Gasteiger partial charge in [0, 0.05) is 22.0 Å². The molecular formula is C23H23NO2S. The number of rotatable bonds is 5. The van der Waals surface area contributed by atoms with Crippen LogP contribution in [0.4, 0.5) is 0 Å². The van der Waals surface area contributed by atoms with Crippen LogP contribution in [0.3, 0.4) is 0 Å². The second-order valence-electron chi connectivity index (χ2n) is 7.44. The van der Waals surface area contributed by atoms with E-state index < -0.39 is 0 Å². The van der Waals surface area contributed by atoms with Gasteiger partial charge in [0.2, 0.25) is 0 Å². The minimum absolute atomic E-state index is 0.108. The molecule has 0 radical (unpaired) electrons. The molecular weight excluding hydrogens is 354 g/mol. The molecule has 138 valence electrons. The van der Waals surface area contributed by atoms with Crippen molar-refractivity contribution in [1.82, 2.24) is 0 Å². The van der Waals surface area contributed by atoms with Gasteiger partial charge in [-0.25, -0.2) is 0 Å². The second-order valence-corrected chi connectivity index (χ2v) is 9.05. The average Bonchev–Trinajstić information content (AvgIpc) is 2.72. The summed E-state index contributed by atoms with van der Waals surface area (Å²) in [6.07, 6.45) is 5.76. The van der Waals surface area contributed by atoms with E-state index in [-0.39, 0.29) is 11.7 Å². The van der Waals surface area contributed by atoms with Crippen molar-refractivity contribution in [3.8, 4) is 11.8 Å². The lowest BCUT2D eigenvalue weighted by atomic mass is 9.84. The Kier molecular flexibility index (Phi) is 5.50. The fourth-order valence-corrected chi connectivity index (χ4v) is 5.97. The third-order valence-electron chi connectivity index (χ3n) is 5.53. The third-order valence-corrected chi connectivity index (χ3v) is 7.15. The fraction of sp³-hybridized carbons (Fsp3) is 0.391. The number of fused-ring (bicyclic) bond motifs is 2. The number of carbonyl (C=O) groups excluding carboxylic acids is 1. The van der Waals surface area contributed by atoms with E-state index in [1.54, 1.807) is 18.2 Å². The Bertz CT molecular complexity index is 846. The van der Waals surface area contributed by atoms with Crippen LogP contribution in [-0.4, -0.2) is 16.3 Å². The molecule has 2 unspecified atom stereocenters. The Morgan fingerprint density at radius 1 is 1.11 bits per heavy atom. The molecule has 2 aromatic rings. The minimum atomic E-state index is 0.108. The molecule has 27 heavy (non-hydrogen) atoms. The largest absolute Gasteiger partial charge is 0.487 e. The number of hydrogen-bond acceptors (Lipinski definition) is 4. The number of thioether (sulfide) groups is 1. The molecule has 3 nitrogen and oxygen atoms in total. The average molecular weight is 378 g/mol. The molecule has 4 rings (SSSR count). The second kappa shape index (κ2) is 8.19. The van der Waals surface area contributed by atoms with Gasteiger partial charge in [0.05, 0.1) is 5.56 Å². The van der Waals surface area contributed by atoms with Crippen LogP contribution in [0.5, 0.6) is 5.75 Å². The summed E-state index contributed by atoms with van der Waals surface area (Å²) in [5.74, 6) is 0.815. The van der Waals surface area contributed by atoms with Gasteiger partial charge >= 0.3 is 0 Å². The first-order valence-electron chi connectivity index (χ1n) is 9.63. The van der Waals surface area contributed by atoms with E-state index in [1.165, 1.54) is 19.3 Å². The Morgan fingerprint density at radius 3 is 2.56 bits per heavy atom. The molecule has 2 fully saturated rings. The van der Waals surface area contributed by atoms with Crippen LogP contribution in [0.25, 0.3) is 0 Å². The van der Waals surface area contributed by atoms with E-state index >= 15 is 0 Å². The van der Waals surface area contributed by atoms with Crippen molar-refractivity contribution in [2.75, 3.05) is 0 Å². The Balaban J connectivity index is 1.51. The Labute approximate surface area is 164 Å². The number of hydrogen-bond donors (Lipinski definition) is 0. The number of benzene rings is 2. The molecule has 2 aliphatic heterocycles. The summed E-state index contributed by atoms with van der Waals surface area (Å²) in [5.41, 5.74) is 2.18. The fourth-order valence-electron chi connectivity index (χ4n) is 4.13. The molecule has 0 amide bonds. The molecule has 2 atom stereocenters. The summed E-state index contributed by atoms with van der Waals surface area (Å²) in [6.45, 7) is 0.386. The van der Waals surface area contributed by atoms with E-state index in [2.05, 4.69) is 17.8 Å². The van der Waals surface area contributed by atoms with Crippen LogP contribution in [-0.2, 0) is 6.61 Å². The molecule has 0 N–H and O–H groups in total. The molecule has 4 heteroatoms. The van der Waals surface area contributed by atoms with Crippen LogP contribution in [0.2, 0.25) is 0 Å². The molecule has 2 aromatic carbocycles. The maximum Gasteiger partial charge on any atom is 0.166 e. The topological polar surface area (TPSA) is 50.1 Å². The number of nitrogens with zero attached hydrogens (tertiary/aromatic N) is 1. The summed E-state index contributed by atoms with van der Waals surface area (Å²) in [5, 5.41) is 10.7. The maximum absolute atomic E-state index is 13.1. The van der Waals surface area contributed by atoms with Crippen molar-refractivity contribution >= 4 is 17.5 Å². The van der Waals surface area contributed by atoms with Crippen molar-refractivity contribution in [1.29, 1.82) is 5.26 Å². The molecule has 0 aliphatic carbocycles. The molecule has 2 aliphatic rings. The number of carbonyl (C=O) groups is 1. The van der Waals surface area contributed by atoms with Crippen LogP contribution in [0.1, 0.15) is 53.6 Å². The molecule has 0 spiro atoms. The lowest BCUT2D eigenvalue weighted by molar-refractivity contribution is 0.0896. The smallest absolute Gasteiger partial charge is 0.166 e. The van der Waals surface area contributed by atoms with Gasteiger partial charge in [-0.05, 0) is 49.4 Å². The normalized spacial score (nSPS) is 24.0. The lowest BCUT2D eigenvalue weighted by Crippen LogP contribution is -2.32. The standard InChI is InChI=1S/C23H23NO2S/c24-14-18-10-9-17(13-22(18)26-15-16-5-2-1-3-6-16)23(25)19-11-20-7-4-8-21(12-19)27-20/h1-3,5-6,9-10,13,19-21H,4,7-8,11-12,15H2. The van der Waals surface area contributed by atoms with Gasteiger partial charge in [-0.2, -0.15) is 17.0 Å². The Hall–Kier alpha value is -2.25. The number of Topliss-reactive ketones (excluding diaryl/α,β-unsaturated/α-hetero) is 1. The summed E-state index contributed by atoms with van der Waals surface area (Å²) in [7, 11) is 0. The highest BCUT2D eigenvalue weighted by molar-refractivity contribution is 8.00. The lowest BCUT2D eigenvalue weighted by Gasteiger charge is -2.38. The summed E-state index contributed by atoms with van der Waals surface area (Å²) < 4.78 is 5.89. The number of ketones is 1. The highest BCUT2D eigenvalue weighted by Gasteiger charge is 2.36. The van der Waals surface area contributed by atoms with Gasteiger partial charge in [0.1, 0.15) is 18.4 Å². The van der Waals surface area contributed by atoms with Crippen LogP contribution in [0.15, 0.2) is 48.5 Å². The molecule has 0 saturated carbocycles. The van der Waals surface area contributed by atoms with Gasteiger partial charge in [-0.3, -0.25) is 4.79 Å².